The predicted molar refractivity (Wildman–Crippen MR) is 118 cm³/mol. The van der Waals surface area contributed by atoms with Gasteiger partial charge in [0.25, 0.3) is 11.8 Å². The molecule has 0 atom stereocenters. The number of benzene rings is 3. The summed E-state index contributed by atoms with van der Waals surface area (Å²) >= 11 is 12.0. The van der Waals surface area contributed by atoms with E-state index in [1.54, 1.807) is 72.8 Å². The molecule has 1 aliphatic heterocycles. The molecule has 0 fully saturated rings. The number of anilines is 2. The fourth-order valence-electron chi connectivity index (χ4n) is 3.13. The summed E-state index contributed by atoms with van der Waals surface area (Å²) in [7, 11) is 0. The van der Waals surface area contributed by atoms with Crippen LogP contribution in [0.5, 0.6) is 0 Å². The average molecular weight is 437 g/mol. The first-order valence-corrected chi connectivity index (χ1v) is 9.71. The molecule has 1 aliphatic rings. The Bertz CT molecular complexity index is 1190. The van der Waals surface area contributed by atoms with Gasteiger partial charge in [-0.15, -0.1) is 0 Å². The molecule has 0 saturated carbocycles. The van der Waals surface area contributed by atoms with E-state index in [0.29, 0.717) is 38.1 Å². The molecule has 3 aromatic carbocycles. The predicted octanol–water partition coefficient (Wildman–Crippen LogP) is 5.45. The minimum absolute atomic E-state index is 0.361. The van der Waals surface area contributed by atoms with Gasteiger partial charge in [0.05, 0.1) is 16.8 Å². The van der Waals surface area contributed by atoms with Gasteiger partial charge in [0.1, 0.15) is 0 Å². The SMILES string of the molecule is O=C(C=Cc1ccc(Cl)cc1Cl)Nc1cccc(N2C(=O)c3ccccc3C2=O)c1. The van der Waals surface area contributed by atoms with E-state index >= 15 is 0 Å². The highest BCUT2D eigenvalue weighted by Crippen LogP contribution is 2.29. The molecule has 5 nitrogen and oxygen atoms in total. The van der Waals surface area contributed by atoms with E-state index in [1.807, 2.05) is 0 Å². The van der Waals surface area contributed by atoms with E-state index in [9.17, 15) is 14.4 Å². The van der Waals surface area contributed by atoms with Crippen LogP contribution in [0, 0.1) is 0 Å². The maximum Gasteiger partial charge on any atom is 0.266 e. The van der Waals surface area contributed by atoms with Crippen molar-refractivity contribution in [2.45, 2.75) is 0 Å². The van der Waals surface area contributed by atoms with Crippen LogP contribution in [0.2, 0.25) is 10.0 Å². The second-order valence-corrected chi connectivity index (χ2v) is 7.37. The quantitative estimate of drug-likeness (QED) is 0.436. The minimum atomic E-state index is -0.392. The molecule has 148 valence electrons. The smallest absolute Gasteiger partial charge is 0.266 e. The van der Waals surface area contributed by atoms with Gasteiger partial charge in [-0.05, 0) is 54.1 Å². The number of carbonyl (C=O) groups is 3. The Morgan fingerprint density at radius 2 is 1.57 bits per heavy atom. The van der Waals surface area contributed by atoms with Crippen LogP contribution in [0.4, 0.5) is 11.4 Å². The number of rotatable bonds is 4. The minimum Gasteiger partial charge on any atom is -0.322 e. The zero-order chi connectivity index (χ0) is 21.3. The Morgan fingerprint density at radius 3 is 2.23 bits per heavy atom. The molecule has 3 aromatic rings. The third kappa shape index (κ3) is 3.85. The lowest BCUT2D eigenvalue weighted by molar-refractivity contribution is -0.111. The molecule has 0 spiro atoms. The highest BCUT2D eigenvalue weighted by atomic mass is 35.5. The topological polar surface area (TPSA) is 66.5 Å². The van der Waals surface area contributed by atoms with Crippen molar-refractivity contribution in [3.05, 3.63) is 99.5 Å². The molecule has 1 heterocycles. The lowest BCUT2D eigenvalue weighted by Gasteiger charge is -2.15. The summed E-state index contributed by atoms with van der Waals surface area (Å²) in [4.78, 5) is 38.7. The van der Waals surface area contributed by atoms with Gasteiger partial charge in [-0.3, -0.25) is 14.4 Å². The van der Waals surface area contributed by atoms with Gasteiger partial charge in [-0.1, -0.05) is 47.5 Å². The summed E-state index contributed by atoms with van der Waals surface area (Å²) in [6.45, 7) is 0. The van der Waals surface area contributed by atoms with Crippen LogP contribution < -0.4 is 10.2 Å². The second kappa shape index (κ2) is 8.14. The lowest BCUT2D eigenvalue weighted by atomic mass is 10.1. The van der Waals surface area contributed by atoms with Crippen LogP contribution in [-0.4, -0.2) is 17.7 Å². The highest BCUT2D eigenvalue weighted by molar-refractivity contribution is 6.36. The molecule has 30 heavy (non-hydrogen) atoms. The van der Waals surface area contributed by atoms with Gasteiger partial charge in [0, 0.05) is 21.8 Å². The summed E-state index contributed by atoms with van der Waals surface area (Å²) in [6, 6.07) is 18.2. The number of nitrogens with zero attached hydrogens (tertiary/aromatic N) is 1. The maximum absolute atomic E-state index is 12.6. The number of hydrogen-bond acceptors (Lipinski definition) is 3. The molecule has 0 aromatic heterocycles. The van der Waals surface area contributed by atoms with Gasteiger partial charge in [-0.25, -0.2) is 4.90 Å². The molecule has 3 amide bonds. The highest BCUT2D eigenvalue weighted by Gasteiger charge is 2.36. The van der Waals surface area contributed by atoms with Crippen molar-refractivity contribution in [3.63, 3.8) is 0 Å². The Morgan fingerprint density at radius 1 is 0.867 bits per heavy atom. The molecule has 0 aliphatic carbocycles. The van der Waals surface area contributed by atoms with Crippen molar-refractivity contribution in [2.24, 2.45) is 0 Å². The number of imide groups is 1. The van der Waals surface area contributed by atoms with Crippen molar-refractivity contribution in [1.29, 1.82) is 0 Å². The van der Waals surface area contributed by atoms with E-state index in [2.05, 4.69) is 5.32 Å². The summed E-state index contributed by atoms with van der Waals surface area (Å²) in [5.41, 5.74) is 2.19. The average Bonchev–Trinajstić information content (AvgIpc) is 2.98. The molecular weight excluding hydrogens is 423 g/mol. The number of halogens is 2. The fourth-order valence-corrected chi connectivity index (χ4v) is 3.60. The molecule has 7 heteroatoms. The normalized spacial score (nSPS) is 13.1. The fraction of sp³-hybridized carbons (Fsp3) is 0. The van der Waals surface area contributed by atoms with Gasteiger partial charge < -0.3 is 5.32 Å². The zero-order valence-corrected chi connectivity index (χ0v) is 16.9. The first-order valence-electron chi connectivity index (χ1n) is 8.96. The first kappa shape index (κ1) is 19.9. The number of amides is 3. The summed E-state index contributed by atoms with van der Waals surface area (Å²) in [5, 5.41) is 3.65. The van der Waals surface area contributed by atoms with Crippen LogP contribution in [0.15, 0.2) is 72.8 Å². The zero-order valence-electron chi connectivity index (χ0n) is 15.4. The molecular formula is C23H14Cl2N2O3. The maximum atomic E-state index is 12.6. The number of fused-ring (bicyclic) bond motifs is 1. The van der Waals surface area contributed by atoms with Crippen LogP contribution in [-0.2, 0) is 4.79 Å². The second-order valence-electron chi connectivity index (χ2n) is 6.53. The van der Waals surface area contributed by atoms with E-state index in [1.165, 1.54) is 6.08 Å². The number of nitrogens with one attached hydrogen (secondary N) is 1. The summed E-state index contributed by atoms with van der Waals surface area (Å²) < 4.78 is 0. The lowest BCUT2D eigenvalue weighted by Crippen LogP contribution is -2.29. The van der Waals surface area contributed by atoms with Gasteiger partial charge >= 0.3 is 0 Å². The van der Waals surface area contributed by atoms with E-state index < -0.39 is 11.8 Å². The molecule has 0 saturated heterocycles. The van der Waals surface area contributed by atoms with Crippen molar-refractivity contribution in [1.82, 2.24) is 0 Å². The third-order valence-electron chi connectivity index (χ3n) is 4.54. The Kier molecular flexibility index (Phi) is 5.40. The van der Waals surface area contributed by atoms with Crippen molar-refractivity contribution >= 4 is 58.4 Å². The molecule has 0 unspecified atom stereocenters. The van der Waals surface area contributed by atoms with E-state index in [0.717, 1.165) is 4.90 Å². The van der Waals surface area contributed by atoms with Crippen molar-refractivity contribution < 1.29 is 14.4 Å². The molecule has 1 N–H and O–H groups in total. The van der Waals surface area contributed by atoms with Crippen LogP contribution in [0.25, 0.3) is 6.08 Å². The summed E-state index contributed by atoms with van der Waals surface area (Å²) in [6.07, 6.45) is 2.91. The standard InChI is InChI=1S/C23H14Cl2N2O3/c24-15-10-8-14(20(25)12-15)9-11-21(28)26-16-4-3-5-17(13-16)27-22(29)18-6-1-2-7-19(18)23(27)30/h1-13H,(H,26,28). The molecule has 0 radical (unpaired) electrons. The van der Waals surface area contributed by atoms with Crippen molar-refractivity contribution in [3.8, 4) is 0 Å². The van der Waals surface area contributed by atoms with Crippen molar-refractivity contribution in [2.75, 3.05) is 10.2 Å². The molecule has 0 bridgehead atoms. The Hall–Kier alpha value is -3.41. The first-order chi connectivity index (χ1) is 14.4. The third-order valence-corrected chi connectivity index (χ3v) is 5.11. The van der Waals surface area contributed by atoms with Gasteiger partial charge in [0.2, 0.25) is 5.91 Å². The van der Waals surface area contributed by atoms with Crippen LogP contribution >= 0.6 is 23.2 Å². The largest absolute Gasteiger partial charge is 0.322 e. The van der Waals surface area contributed by atoms with Gasteiger partial charge in [-0.2, -0.15) is 0 Å². The summed E-state index contributed by atoms with van der Waals surface area (Å²) in [5.74, 6) is -1.17. The van der Waals surface area contributed by atoms with E-state index in [4.69, 9.17) is 23.2 Å². The van der Waals surface area contributed by atoms with Crippen LogP contribution in [0.3, 0.4) is 0 Å². The van der Waals surface area contributed by atoms with Crippen LogP contribution in [0.1, 0.15) is 26.3 Å². The van der Waals surface area contributed by atoms with E-state index in [-0.39, 0.29) is 5.91 Å². The Balaban J connectivity index is 1.52. The monoisotopic (exact) mass is 436 g/mol. The number of hydrogen-bond donors (Lipinski definition) is 1. The number of carbonyl (C=O) groups excluding carboxylic acids is 3. The van der Waals surface area contributed by atoms with Gasteiger partial charge in [0.15, 0.2) is 0 Å². The molecule has 4 rings (SSSR count). The Labute approximate surface area is 182 Å².